The average molecular weight is 393 g/mol. The summed E-state index contributed by atoms with van der Waals surface area (Å²) in [7, 11) is 1.47. The summed E-state index contributed by atoms with van der Waals surface area (Å²) in [6, 6.07) is 8.42. The van der Waals surface area contributed by atoms with E-state index < -0.39 is 23.3 Å². The van der Waals surface area contributed by atoms with Crippen molar-refractivity contribution in [3.05, 3.63) is 53.6 Å². The van der Waals surface area contributed by atoms with E-state index in [0.717, 1.165) is 23.8 Å². The lowest BCUT2D eigenvalue weighted by molar-refractivity contribution is 0.0513. The summed E-state index contributed by atoms with van der Waals surface area (Å²) >= 11 is 0. The van der Waals surface area contributed by atoms with Gasteiger partial charge in [0.05, 0.1) is 0 Å². The number of alkyl carbamates (subject to hydrolysis) is 1. The average Bonchev–Trinajstić information content (AvgIpc) is 2.61. The van der Waals surface area contributed by atoms with Gasteiger partial charge in [0.2, 0.25) is 0 Å². The third-order valence-electron chi connectivity index (χ3n) is 3.68. The summed E-state index contributed by atoms with van der Waals surface area (Å²) in [5.41, 5.74) is 0.739. The molecule has 0 aliphatic carbocycles. The van der Waals surface area contributed by atoms with E-state index in [1.807, 2.05) is 0 Å². The molecule has 0 bridgehead atoms. The summed E-state index contributed by atoms with van der Waals surface area (Å²) in [5.74, 6) is -0.742. The molecular weight excluding hydrogens is 368 g/mol. The fourth-order valence-electron chi connectivity index (χ4n) is 2.52. The van der Waals surface area contributed by atoms with E-state index in [0.29, 0.717) is 24.3 Å². The molecule has 5 nitrogen and oxygen atoms in total. The third kappa shape index (κ3) is 6.49. The summed E-state index contributed by atoms with van der Waals surface area (Å²) in [5, 5.41) is 2.67. The highest BCUT2D eigenvalue weighted by atomic mass is 19.1. The molecule has 0 fully saturated rings. The monoisotopic (exact) mass is 393 g/mol. The number of halogens is 2. The Morgan fingerprint density at radius 1 is 1.07 bits per heavy atom. The number of carbonyl (C=O) groups is 1. The number of carbonyl (C=O) groups excluding carboxylic acids is 1. The van der Waals surface area contributed by atoms with E-state index in [1.165, 1.54) is 7.11 Å². The predicted molar refractivity (Wildman–Crippen MR) is 102 cm³/mol. The second kappa shape index (κ2) is 9.50. The highest BCUT2D eigenvalue weighted by Gasteiger charge is 2.16. The minimum absolute atomic E-state index is 0.0243. The Kier molecular flexibility index (Phi) is 7.34. The number of methoxy groups -OCH3 is 1. The molecule has 0 radical (unpaired) electrons. The fraction of sp³-hybridized carbons (Fsp3) is 0.381. The molecule has 2 rings (SSSR count). The maximum atomic E-state index is 14.3. The quantitative estimate of drug-likeness (QED) is 0.694. The minimum atomic E-state index is -0.577. The molecule has 0 heterocycles. The van der Waals surface area contributed by atoms with Crippen LogP contribution >= 0.6 is 0 Å². The summed E-state index contributed by atoms with van der Waals surface area (Å²) in [4.78, 5) is 11.7. The first-order valence-corrected chi connectivity index (χ1v) is 8.86. The van der Waals surface area contributed by atoms with Crippen molar-refractivity contribution in [3.8, 4) is 16.9 Å². The van der Waals surface area contributed by atoms with Gasteiger partial charge in [-0.2, -0.15) is 0 Å². The number of amides is 1. The van der Waals surface area contributed by atoms with Gasteiger partial charge >= 0.3 is 6.09 Å². The van der Waals surface area contributed by atoms with E-state index in [1.54, 1.807) is 39.0 Å². The van der Waals surface area contributed by atoms with Gasteiger partial charge < -0.3 is 19.5 Å². The van der Waals surface area contributed by atoms with Gasteiger partial charge in [-0.15, -0.1) is 0 Å². The number of hydrogen-bond donors (Lipinski definition) is 1. The first kappa shape index (κ1) is 21.6. The molecule has 1 N–H and O–H groups in total. The standard InChI is InChI=1S/C21H25F2NO4/c1-21(2,3)28-20(25)24-10-9-14-5-8-19(27-13-26-4)17(11-14)16-12-15(22)6-7-18(16)23/h5-8,11-12H,9-10,13H2,1-4H3,(H,24,25). The minimum Gasteiger partial charge on any atom is -0.467 e. The highest BCUT2D eigenvalue weighted by molar-refractivity contribution is 5.72. The zero-order chi connectivity index (χ0) is 20.7. The van der Waals surface area contributed by atoms with Crippen LogP contribution < -0.4 is 10.1 Å². The topological polar surface area (TPSA) is 56.8 Å². The molecule has 7 heteroatoms. The van der Waals surface area contributed by atoms with Crippen molar-refractivity contribution in [2.75, 3.05) is 20.4 Å². The Hall–Kier alpha value is -2.67. The molecule has 28 heavy (non-hydrogen) atoms. The van der Waals surface area contributed by atoms with Crippen LogP contribution in [0.5, 0.6) is 5.75 Å². The molecule has 0 saturated carbocycles. The number of benzene rings is 2. The van der Waals surface area contributed by atoms with Crippen molar-refractivity contribution in [1.82, 2.24) is 5.32 Å². The van der Waals surface area contributed by atoms with Crippen molar-refractivity contribution in [2.45, 2.75) is 32.8 Å². The first-order valence-electron chi connectivity index (χ1n) is 8.86. The van der Waals surface area contributed by atoms with Crippen molar-refractivity contribution >= 4 is 6.09 Å². The molecule has 2 aromatic rings. The number of hydrogen-bond acceptors (Lipinski definition) is 4. The molecular formula is C21H25F2NO4. The predicted octanol–water partition coefficient (Wildman–Crippen LogP) is 4.68. The van der Waals surface area contributed by atoms with Crippen molar-refractivity contribution in [3.63, 3.8) is 0 Å². The number of ether oxygens (including phenoxy) is 3. The van der Waals surface area contributed by atoms with Gasteiger partial charge in [-0.1, -0.05) is 6.07 Å². The van der Waals surface area contributed by atoms with Crippen LogP contribution in [0.1, 0.15) is 26.3 Å². The number of rotatable bonds is 7. The van der Waals surface area contributed by atoms with Gasteiger partial charge in [0.25, 0.3) is 0 Å². The van der Waals surface area contributed by atoms with Crippen LogP contribution in [0.25, 0.3) is 11.1 Å². The lowest BCUT2D eigenvalue weighted by Gasteiger charge is -2.19. The largest absolute Gasteiger partial charge is 0.467 e. The molecule has 0 unspecified atom stereocenters. The highest BCUT2D eigenvalue weighted by Crippen LogP contribution is 2.33. The van der Waals surface area contributed by atoms with E-state index in [4.69, 9.17) is 14.2 Å². The van der Waals surface area contributed by atoms with Crippen LogP contribution in [-0.2, 0) is 15.9 Å². The van der Waals surface area contributed by atoms with Crippen molar-refractivity contribution in [1.29, 1.82) is 0 Å². The fourth-order valence-corrected chi connectivity index (χ4v) is 2.52. The Morgan fingerprint density at radius 3 is 2.50 bits per heavy atom. The van der Waals surface area contributed by atoms with Gasteiger partial charge in [0.15, 0.2) is 6.79 Å². The van der Waals surface area contributed by atoms with Gasteiger partial charge in [-0.25, -0.2) is 13.6 Å². The Bertz CT molecular complexity index is 819. The van der Waals surface area contributed by atoms with Crippen LogP contribution in [0.3, 0.4) is 0 Å². The Morgan fingerprint density at radius 2 is 1.82 bits per heavy atom. The molecule has 2 aromatic carbocycles. The van der Waals surface area contributed by atoms with Gasteiger partial charge in [0.1, 0.15) is 23.0 Å². The van der Waals surface area contributed by atoms with E-state index in [-0.39, 0.29) is 12.4 Å². The van der Waals surface area contributed by atoms with E-state index in [9.17, 15) is 13.6 Å². The van der Waals surface area contributed by atoms with Crippen molar-refractivity contribution < 1.29 is 27.8 Å². The maximum Gasteiger partial charge on any atom is 0.407 e. The van der Waals surface area contributed by atoms with Crippen LogP contribution in [0.2, 0.25) is 0 Å². The Labute approximate surface area is 163 Å². The molecule has 1 amide bonds. The second-order valence-corrected chi connectivity index (χ2v) is 7.18. The third-order valence-corrected chi connectivity index (χ3v) is 3.68. The van der Waals surface area contributed by atoms with Crippen LogP contribution in [0.4, 0.5) is 13.6 Å². The molecule has 0 atom stereocenters. The molecule has 0 aromatic heterocycles. The first-order chi connectivity index (χ1) is 13.2. The van der Waals surface area contributed by atoms with Crippen LogP contribution in [0, 0.1) is 11.6 Å². The SMILES string of the molecule is COCOc1ccc(CCNC(=O)OC(C)(C)C)cc1-c1cc(F)ccc1F. The van der Waals surface area contributed by atoms with Gasteiger partial charge in [0, 0.05) is 24.8 Å². The van der Waals surface area contributed by atoms with Gasteiger partial charge in [-0.3, -0.25) is 0 Å². The number of nitrogens with one attached hydrogen (secondary N) is 1. The van der Waals surface area contributed by atoms with Crippen LogP contribution in [0.15, 0.2) is 36.4 Å². The van der Waals surface area contributed by atoms with E-state index >= 15 is 0 Å². The molecule has 0 aliphatic rings. The molecule has 0 spiro atoms. The zero-order valence-electron chi connectivity index (χ0n) is 16.5. The summed E-state index contributed by atoms with van der Waals surface area (Å²) in [6.07, 6.45) is -0.0303. The lowest BCUT2D eigenvalue weighted by atomic mass is 10.00. The van der Waals surface area contributed by atoms with Gasteiger partial charge in [-0.05, 0) is 63.1 Å². The lowest BCUT2D eigenvalue weighted by Crippen LogP contribution is -2.33. The molecule has 152 valence electrons. The molecule has 0 saturated heterocycles. The zero-order valence-corrected chi connectivity index (χ0v) is 16.5. The maximum absolute atomic E-state index is 14.3. The van der Waals surface area contributed by atoms with Crippen molar-refractivity contribution in [2.24, 2.45) is 0 Å². The summed E-state index contributed by atoms with van der Waals surface area (Å²) < 4.78 is 43.5. The Balaban J connectivity index is 2.19. The summed E-state index contributed by atoms with van der Waals surface area (Å²) in [6.45, 7) is 5.66. The molecule has 0 aliphatic heterocycles. The van der Waals surface area contributed by atoms with Crippen LogP contribution in [-0.4, -0.2) is 32.1 Å². The smallest absolute Gasteiger partial charge is 0.407 e. The second-order valence-electron chi connectivity index (χ2n) is 7.18. The normalized spacial score (nSPS) is 11.2. The van der Waals surface area contributed by atoms with E-state index in [2.05, 4.69) is 5.32 Å².